The first-order valence-electron chi connectivity index (χ1n) is 10.7. The molecule has 0 aliphatic rings. The van der Waals surface area contributed by atoms with Crippen molar-refractivity contribution < 1.29 is 14.2 Å². The Morgan fingerprint density at radius 3 is 2.22 bits per heavy atom. The van der Waals surface area contributed by atoms with Gasteiger partial charge in [-0.3, -0.25) is 0 Å². The predicted octanol–water partition coefficient (Wildman–Crippen LogP) is 5.94. The minimum atomic E-state index is 0. The van der Waals surface area contributed by atoms with E-state index in [1.165, 1.54) is 7.11 Å². The van der Waals surface area contributed by atoms with Crippen molar-refractivity contribution in [3.8, 4) is 35.3 Å². The lowest BCUT2D eigenvalue weighted by Gasteiger charge is -2.17. The molecule has 10 heteroatoms. The summed E-state index contributed by atoms with van der Waals surface area (Å²) in [5, 5.41) is 26.1. The number of aromatic nitrogens is 2. The third-order valence-electron chi connectivity index (χ3n) is 5.10. The molecule has 4 rings (SSSR count). The third-order valence-corrected chi connectivity index (χ3v) is 5.10. The molecular formula is C26H23BrN6O3. The Balaban J connectivity index is 0.00000361. The molecule has 4 aromatic rings. The van der Waals surface area contributed by atoms with Gasteiger partial charge in [-0.15, -0.1) is 17.0 Å². The number of halogens is 1. The van der Waals surface area contributed by atoms with E-state index >= 15 is 0 Å². The average Bonchev–Trinajstić information content (AvgIpc) is 2.88. The molecule has 0 atom stereocenters. The van der Waals surface area contributed by atoms with Crippen LogP contribution >= 0.6 is 17.0 Å². The molecule has 0 amide bonds. The van der Waals surface area contributed by atoms with Crippen LogP contribution in [0.25, 0.3) is 10.8 Å². The molecule has 36 heavy (non-hydrogen) atoms. The van der Waals surface area contributed by atoms with Gasteiger partial charge < -0.3 is 24.8 Å². The SMILES string of the molecule is Br.CCNc1cc(Oc2c(OC)cc3cc(C#N)ccc3c2OC)nc(Nc2ccc(C#N)cc2)n1. The van der Waals surface area contributed by atoms with Crippen LogP contribution in [-0.4, -0.2) is 30.7 Å². The van der Waals surface area contributed by atoms with E-state index in [4.69, 9.17) is 19.5 Å². The van der Waals surface area contributed by atoms with Crippen LogP contribution in [0.4, 0.5) is 17.5 Å². The van der Waals surface area contributed by atoms with Gasteiger partial charge in [0.25, 0.3) is 0 Å². The summed E-state index contributed by atoms with van der Waals surface area (Å²) in [7, 11) is 3.07. The largest absolute Gasteiger partial charge is 0.493 e. The molecule has 0 unspecified atom stereocenters. The number of fused-ring (bicyclic) bond motifs is 1. The second kappa shape index (κ2) is 11.7. The number of rotatable bonds is 8. The van der Waals surface area contributed by atoms with E-state index < -0.39 is 0 Å². The molecule has 0 saturated carbocycles. The van der Waals surface area contributed by atoms with Crippen molar-refractivity contribution in [1.29, 1.82) is 10.5 Å². The monoisotopic (exact) mass is 546 g/mol. The van der Waals surface area contributed by atoms with Gasteiger partial charge in [0, 0.05) is 23.7 Å². The molecule has 0 fully saturated rings. The average molecular weight is 547 g/mol. The van der Waals surface area contributed by atoms with Gasteiger partial charge >= 0.3 is 0 Å². The molecule has 0 spiro atoms. The highest BCUT2D eigenvalue weighted by Crippen LogP contribution is 2.45. The van der Waals surface area contributed by atoms with Gasteiger partial charge in [0.15, 0.2) is 11.5 Å². The fourth-order valence-electron chi connectivity index (χ4n) is 3.52. The Morgan fingerprint density at radius 2 is 1.58 bits per heavy atom. The number of anilines is 3. The van der Waals surface area contributed by atoms with Crippen LogP contribution in [0.2, 0.25) is 0 Å². The molecule has 182 valence electrons. The van der Waals surface area contributed by atoms with E-state index in [1.54, 1.807) is 61.7 Å². The quantitative estimate of drug-likeness (QED) is 0.276. The Bertz CT molecular complexity index is 1460. The van der Waals surface area contributed by atoms with Crippen molar-refractivity contribution in [3.05, 3.63) is 65.7 Å². The molecule has 3 aromatic carbocycles. The first-order chi connectivity index (χ1) is 17.1. The highest BCUT2D eigenvalue weighted by atomic mass is 79.9. The van der Waals surface area contributed by atoms with Crippen LogP contribution in [0, 0.1) is 22.7 Å². The summed E-state index contributed by atoms with van der Waals surface area (Å²) in [6.07, 6.45) is 0. The molecule has 1 heterocycles. The Morgan fingerprint density at radius 1 is 0.861 bits per heavy atom. The highest BCUT2D eigenvalue weighted by Gasteiger charge is 2.19. The van der Waals surface area contributed by atoms with E-state index in [2.05, 4.69) is 32.7 Å². The summed E-state index contributed by atoms with van der Waals surface area (Å²) in [6, 6.07) is 19.9. The Labute approximate surface area is 219 Å². The van der Waals surface area contributed by atoms with E-state index in [0.717, 1.165) is 16.5 Å². The lowest BCUT2D eigenvalue weighted by Crippen LogP contribution is -2.05. The van der Waals surface area contributed by atoms with Crippen molar-refractivity contribution in [2.45, 2.75) is 6.92 Å². The number of nitriles is 2. The summed E-state index contributed by atoms with van der Waals surface area (Å²) in [5.41, 5.74) is 1.80. The number of hydrogen-bond donors (Lipinski definition) is 2. The second-order valence-corrected chi connectivity index (χ2v) is 7.35. The lowest BCUT2D eigenvalue weighted by molar-refractivity contribution is 0.345. The van der Waals surface area contributed by atoms with Gasteiger partial charge in [0.2, 0.25) is 17.6 Å². The maximum absolute atomic E-state index is 9.25. The van der Waals surface area contributed by atoms with Crippen molar-refractivity contribution in [1.82, 2.24) is 9.97 Å². The molecule has 0 bridgehead atoms. The maximum atomic E-state index is 9.25. The van der Waals surface area contributed by atoms with Crippen LogP contribution in [0.15, 0.2) is 54.6 Å². The Kier molecular flexibility index (Phi) is 8.50. The zero-order chi connectivity index (χ0) is 24.8. The minimum Gasteiger partial charge on any atom is -0.493 e. The standard InChI is InChI=1S/C26H22N6O3.BrH/c1-4-29-22-13-23(32-26(31-22)30-19-8-5-16(14-27)6-9-19)35-25-21(33-2)12-18-11-17(15-28)7-10-20(18)24(25)34-3;/h5-13H,4H2,1-3H3,(H2,29,30,31,32);1H. The summed E-state index contributed by atoms with van der Waals surface area (Å²) < 4.78 is 17.5. The van der Waals surface area contributed by atoms with Gasteiger partial charge in [-0.1, -0.05) is 0 Å². The van der Waals surface area contributed by atoms with Gasteiger partial charge in [-0.25, -0.2) is 0 Å². The number of methoxy groups -OCH3 is 2. The van der Waals surface area contributed by atoms with Crippen LogP contribution in [-0.2, 0) is 0 Å². The van der Waals surface area contributed by atoms with Gasteiger partial charge in [0.1, 0.15) is 5.82 Å². The van der Waals surface area contributed by atoms with Gasteiger partial charge in [-0.2, -0.15) is 20.5 Å². The van der Waals surface area contributed by atoms with E-state index in [0.29, 0.717) is 46.7 Å². The van der Waals surface area contributed by atoms with Crippen molar-refractivity contribution in [3.63, 3.8) is 0 Å². The predicted molar refractivity (Wildman–Crippen MR) is 143 cm³/mol. The van der Waals surface area contributed by atoms with Gasteiger partial charge in [0.05, 0.1) is 37.5 Å². The molecule has 9 nitrogen and oxygen atoms in total. The smallest absolute Gasteiger partial charge is 0.232 e. The van der Waals surface area contributed by atoms with E-state index in [1.807, 2.05) is 6.92 Å². The molecular weight excluding hydrogens is 524 g/mol. The van der Waals surface area contributed by atoms with Crippen molar-refractivity contribution in [2.24, 2.45) is 0 Å². The normalized spacial score (nSPS) is 9.92. The topological polar surface area (TPSA) is 125 Å². The van der Waals surface area contributed by atoms with Crippen molar-refractivity contribution in [2.75, 3.05) is 31.4 Å². The zero-order valence-corrected chi connectivity index (χ0v) is 21.5. The van der Waals surface area contributed by atoms with E-state index in [-0.39, 0.29) is 22.9 Å². The molecule has 0 radical (unpaired) electrons. The molecule has 0 saturated heterocycles. The van der Waals surface area contributed by atoms with Crippen LogP contribution in [0.5, 0.6) is 23.1 Å². The summed E-state index contributed by atoms with van der Waals surface area (Å²) >= 11 is 0. The first kappa shape index (κ1) is 26.1. The Hall–Kier alpha value is -4.54. The number of ether oxygens (including phenoxy) is 3. The molecule has 2 N–H and O–H groups in total. The molecule has 1 aromatic heterocycles. The minimum absolute atomic E-state index is 0. The summed E-state index contributed by atoms with van der Waals surface area (Å²) in [5.74, 6) is 2.35. The number of nitrogens with one attached hydrogen (secondary N) is 2. The van der Waals surface area contributed by atoms with Crippen LogP contribution in [0.1, 0.15) is 18.1 Å². The van der Waals surface area contributed by atoms with Gasteiger partial charge in [-0.05, 0) is 60.8 Å². The fourth-order valence-corrected chi connectivity index (χ4v) is 3.52. The van der Waals surface area contributed by atoms with Crippen LogP contribution in [0.3, 0.4) is 0 Å². The zero-order valence-electron chi connectivity index (χ0n) is 19.8. The molecule has 0 aliphatic carbocycles. The van der Waals surface area contributed by atoms with Crippen LogP contribution < -0.4 is 24.8 Å². The highest BCUT2D eigenvalue weighted by molar-refractivity contribution is 8.93. The number of benzene rings is 3. The number of nitrogens with zero attached hydrogens (tertiary/aromatic N) is 4. The second-order valence-electron chi connectivity index (χ2n) is 7.35. The fraction of sp³-hybridized carbons (Fsp3) is 0.154. The summed E-state index contributed by atoms with van der Waals surface area (Å²) in [4.78, 5) is 8.99. The lowest BCUT2D eigenvalue weighted by atomic mass is 10.1. The summed E-state index contributed by atoms with van der Waals surface area (Å²) in [6.45, 7) is 2.61. The third kappa shape index (κ3) is 5.57. The molecule has 0 aliphatic heterocycles. The number of hydrogen-bond acceptors (Lipinski definition) is 9. The van der Waals surface area contributed by atoms with E-state index in [9.17, 15) is 5.26 Å². The maximum Gasteiger partial charge on any atom is 0.232 e. The van der Waals surface area contributed by atoms with Crippen molar-refractivity contribution >= 4 is 45.2 Å². The first-order valence-corrected chi connectivity index (χ1v) is 10.7.